The predicted octanol–water partition coefficient (Wildman–Crippen LogP) is 2.82. The number of fused-ring (bicyclic) bond motifs is 2. The third kappa shape index (κ3) is 5.00. The highest BCUT2D eigenvalue weighted by Gasteiger charge is 2.40. The zero-order valence-electron chi connectivity index (χ0n) is 15.4. The molecule has 2 aliphatic rings. The SMILES string of the molecule is CC(CC(=O)NC1C2CCCC1CC(N)C2)S(=O)(=O)c1ccc(F)cc1.Cl. The van der Waals surface area contributed by atoms with Crippen molar-refractivity contribution in [3.63, 3.8) is 0 Å². The van der Waals surface area contributed by atoms with Crippen LogP contribution < -0.4 is 11.1 Å². The Morgan fingerprint density at radius 3 is 2.33 bits per heavy atom. The molecule has 1 amide bonds. The lowest BCUT2D eigenvalue weighted by molar-refractivity contribution is -0.123. The van der Waals surface area contributed by atoms with Crippen molar-refractivity contribution in [2.24, 2.45) is 17.6 Å². The van der Waals surface area contributed by atoms with Crippen molar-refractivity contribution < 1.29 is 17.6 Å². The van der Waals surface area contributed by atoms with Gasteiger partial charge in [-0.15, -0.1) is 12.4 Å². The van der Waals surface area contributed by atoms with Gasteiger partial charge in [0.15, 0.2) is 9.84 Å². The molecule has 0 saturated heterocycles. The highest BCUT2D eigenvalue weighted by atomic mass is 35.5. The topological polar surface area (TPSA) is 89.3 Å². The van der Waals surface area contributed by atoms with Crippen molar-refractivity contribution in [3.8, 4) is 0 Å². The van der Waals surface area contributed by atoms with Crippen LogP contribution in [0.3, 0.4) is 0 Å². The molecule has 0 aromatic heterocycles. The van der Waals surface area contributed by atoms with Crippen molar-refractivity contribution in [1.82, 2.24) is 5.32 Å². The van der Waals surface area contributed by atoms with E-state index >= 15 is 0 Å². The monoisotopic (exact) mass is 418 g/mol. The Morgan fingerprint density at radius 1 is 1.22 bits per heavy atom. The molecule has 3 rings (SSSR count). The maximum atomic E-state index is 13.0. The summed E-state index contributed by atoms with van der Waals surface area (Å²) >= 11 is 0. The van der Waals surface area contributed by atoms with Gasteiger partial charge in [0.25, 0.3) is 0 Å². The van der Waals surface area contributed by atoms with Crippen molar-refractivity contribution >= 4 is 28.2 Å². The van der Waals surface area contributed by atoms with Gasteiger partial charge < -0.3 is 11.1 Å². The molecule has 0 aliphatic heterocycles. The highest BCUT2D eigenvalue weighted by Crippen LogP contribution is 2.39. The molecule has 5 nitrogen and oxygen atoms in total. The quantitative estimate of drug-likeness (QED) is 0.719. The van der Waals surface area contributed by atoms with E-state index in [-0.39, 0.29) is 41.7 Å². The molecule has 3 atom stereocenters. The molecule has 27 heavy (non-hydrogen) atoms. The minimum atomic E-state index is -3.67. The van der Waals surface area contributed by atoms with Crippen LogP contribution in [-0.2, 0) is 14.6 Å². The van der Waals surface area contributed by atoms with Crippen LogP contribution in [0.5, 0.6) is 0 Å². The Bertz CT molecular complexity index is 743. The summed E-state index contributed by atoms with van der Waals surface area (Å²) in [7, 11) is -3.67. The molecule has 2 saturated carbocycles. The fraction of sp³-hybridized carbons (Fsp3) is 0.632. The summed E-state index contributed by atoms with van der Waals surface area (Å²) in [6.45, 7) is 1.52. The number of nitrogens with one attached hydrogen (secondary N) is 1. The van der Waals surface area contributed by atoms with E-state index < -0.39 is 20.9 Å². The van der Waals surface area contributed by atoms with Crippen LogP contribution >= 0.6 is 12.4 Å². The fourth-order valence-electron chi connectivity index (χ4n) is 4.50. The van der Waals surface area contributed by atoms with Crippen LogP contribution in [0.25, 0.3) is 0 Å². The van der Waals surface area contributed by atoms with Crippen LogP contribution in [0.15, 0.2) is 29.2 Å². The van der Waals surface area contributed by atoms with Crippen LogP contribution in [0.2, 0.25) is 0 Å². The maximum Gasteiger partial charge on any atom is 0.221 e. The number of sulfone groups is 1. The smallest absolute Gasteiger partial charge is 0.221 e. The van der Waals surface area contributed by atoms with Crippen LogP contribution in [0.1, 0.15) is 45.4 Å². The molecule has 8 heteroatoms. The maximum absolute atomic E-state index is 13.0. The van der Waals surface area contributed by atoms with E-state index in [1.807, 2.05) is 0 Å². The summed E-state index contributed by atoms with van der Waals surface area (Å²) in [6, 6.07) is 5.03. The van der Waals surface area contributed by atoms with Gasteiger partial charge in [0.2, 0.25) is 5.91 Å². The average molecular weight is 419 g/mol. The second-order valence-corrected chi connectivity index (χ2v) is 10.2. The number of rotatable bonds is 5. The number of hydrogen-bond acceptors (Lipinski definition) is 4. The Hall–Kier alpha value is -1.18. The van der Waals surface area contributed by atoms with Crippen LogP contribution in [-0.4, -0.2) is 31.7 Å². The Labute approximate surface area is 166 Å². The largest absolute Gasteiger partial charge is 0.353 e. The average Bonchev–Trinajstić information content (AvgIpc) is 2.56. The van der Waals surface area contributed by atoms with Gasteiger partial charge >= 0.3 is 0 Å². The summed E-state index contributed by atoms with van der Waals surface area (Å²) in [6.07, 6.45) is 5.05. The molecule has 2 aliphatic carbocycles. The zero-order chi connectivity index (χ0) is 18.9. The molecule has 0 radical (unpaired) electrons. The van der Waals surface area contributed by atoms with Gasteiger partial charge in [-0.2, -0.15) is 0 Å². The fourth-order valence-corrected chi connectivity index (χ4v) is 5.85. The standard InChI is InChI=1S/C19H27FN2O3S.ClH/c1-12(26(24,25)17-7-5-15(20)6-8-17)9-18(23)22-19-13-3-2-4-14(19)11-16(21)10-13;/h5-8,12-14,16,19H,2-4,9-11,21H2,1H3,(H,22,23);1H. The molecule has 0 spiro atoms. The van der Waals surface area contributed by atoms with Crippen LogP contribution in [0, 0.1) is 17.7 Å². The van der Waals surface area contributed by atoms with Crippen LogP contribution in [0.4, 0.5) is 4.39 Å². The first-order valence-electron chi connectivity index (χ1n) is 9.31. The summed E-state index contributed by atoms with van der Waals surface area (Å²) in [5.74, 6) is 0.0628. The molecule has 1 aromatic carbocycles. The van der Waals surface area contributed by atoms with Gasteiger partial charge in [-0.25, -0.2) is 12.8 Å². The molecule has 152 valence electrons. The van der Waals surface area contributed by atoms with Crippen molar-refractivity contribution in [2.45, 2.75) is 67.7 Å². The summed E-state index contributed by atoms with van der Waals surface area (Å²) in [5.41, 5.74) is 6.11. The van der Waals surface area contributed by atoms with Crippen molar-refractivity contribution in [2.75, 3.05) is 0 Å². The number of carbonyl (C=O) groups excluding carboxylic acids is 1. The predicted molar refractivity (Wildman–Crippen MR) is 105 cm³/mol. The minimum absolute atomic E-state index is 0. The molecule has 3 unspecified atom stereocenters. The lowest BCUT2D eigenvalue weighted by Crippen LogP contribution is -2.54. The first kappa shape index (κ1) is 22.1. The number of benzene rings is 1. The van der Waals surface area contributed by atoms with Gasteiger partial charge in [-0.1, -0.05) is 6.42 Å². The molecule has 3 N–H and O–H groups in total. The van der Waals surface area contributed by atoms with E-state index in [0.29, 0.717) is 11.8 Å². The van der Waals surface area contributed by atoms with Crippen molar-refractivity contribution in [1.29, 1.82) is 0 Å². The van der Waals surface area contributed by atoms with E-state index in [4.69, 9.17) is 5.73 Å². The number of nitrogens with two attached hydrogens (primary N) is 1. The second kappa shape index (κ2) is 8.88. The highest BCUT2D eigenvalue weighted by molar-refractivity contribution is 7.92. The molecule has 1 aromatic rings. The Morgan fingerprint density at radius 2 is 1.78 bits per heavy atom. The Kier molecular flexibility index (Phi) is 7.27. The normalized spacial score (nSPS) is 28.7. The summed E-state index contributed by atoms with van der Waals surface area (Å²) < 4.78 is 38.2. The van der Waals surface area contributed by atoms with E-state index in [1.165, 1.54) is 25.5 Å². The van der Waals surface area contributed by atoms with E-state index in [1.54, 1.807) is 0 Å². The molecular weight excluding hydrogens is 391 g/mol. The molecule has 2 bridgehead atoms. The lowest BCUT2D eigenvalue weighted by atomic mass is 9.67. The van der Waals surface area contributed by atoms with Gasteiger partial charge in [0.1, 0.15) is 5.82 Å². The number of amides is 1. The zero-order valence-corrected chi connectivity index (χ0v) is 17.1. The Balaban J connectivity index is 0.00000261. The van der Waals surface area contributed by atoms with E-state index in [2.05, 4.69) is 5.32 Å². The third-order valence-corrected chi connectivity index (χ3v) is 8.00. The van der Waals surface area contributed by atoms with E-state index in [0.717, 1.165) is 37.8 Å². The molecule has 2 fully saturated rings. The van der Waals surface area contributed by atoms with Gasteiger partial charge in [-0.3, -0.25) is 4.79 Å². The lowest BCUT2D eigenvalue weighted by Gasteiger charge is -2.45. The third-order valence-electron chi connectivity index (χ3n) is 5.85. The van der Waals surface area contributed by atoms with Gasteiger partial charge in [0.05, 0.1) is 10.1 Å². The molecular formula is C19H28ClFN2O3S. The summed E-state index contributed by atoms with van der Waals surface area (Å²) in [4.78, 5) is 12.5. The van der Waals surface area contributed by atoms with Gasteiger partial charge in [0, 0.05) is 18.5 Å². The van der Waals surface area contributed by atoms with E-state index in [9.17, 15) is 17.6 Å². The number of hydrogen-bond donors (Lipinski definition) is 2. The molecule has 0 heterocycles. The first-order chi connectivity index (χ1) is 12.3. The second-order valence-electron chi connectivity index (χ2n) is 7.79. The minimum Gasteiger partial charge on any atom is -0.353 e. The first-order valence-corrected chi connectivity index (χ1v) is 10.9. The van der Waals surface area contributed by atoms with Crippen molar-refractivity contribution in [3.05, 3.63) is 30.1 Å². The van der Waals surface area contributed by atoms with Gasteiger partial charge in [-0.05, 0) is 68.7 Å². The summed E-state index contributed by atoms with van der Waals surface area (Å²) in [5, 5.41) is 2.22. The number of carbonyl (C=O) groups is 1. The number of halogens is 2.